The van der Waals surface area contributed by atoms with E-state index in [0.29, 0.717) is 0 Å². The van der Waals surface area contributed by atoms with Crippen molar-refractivity contribution in [3.8, 4) is 0 Å². The molecule has 0 nitrogen and oxygen atoms in total. The van der Waals surface area contributed by atoms with Crippen molar-refractivity contribution in [2.45, 2.75) is 176 Å². The molecule has 0 aliphatic rings. The van der Waals surface area contributed by atoms with Crippen molar-refractivity contribution < 1.29 is 0 Å². The predicted molar refractivity (Wildman–Crippen MR) is 140 cm³/mol. The van der Waals surface area contributed by atoms with Gasteiger partial charge in [-0.3, -0.25) is 0 Å². The van der Waals surface area contributed by atoms with Crippen LogP contribution < -0.4 is 0 Å². The third-order valence-electron chi connectivity index (χ3n) is 7.21. The first-order valence-corrected chi connectivity index (χ1v) is 14.6. The van der Waals surface area contributed by atoms with E-state index in [1.807, 2.05) is 0 Å². The van der Waals surface area contributed by atoms with Crippen LogP contribution in [0.3, 0.4) is 0 Å². The second-order valence-corrected chi connectivity index (χ2v) is 11.0. The average Bonchev–Trinajstić information content (AvgIpc) is 2.71. The van der Waals surface area contributed by atoms with E-state index >= 15 is 0 Å². The molecule has 0 aliphatic carbocycles. The third kappa shape index (κ3) is 22.7. The summed E-state index contributed by atoms with van der Waals surface area (Å²) < 4.78 is 0. The van der Waals surface area contributed by atoms with Gasteiger partial charge in [0.1, 0.15) is 0 Å². The molecule has 0 fully saturated rings. The van der Waals surface area contributed by atoms with E-state index in [1.165, 1.54) is 141 Å². The fourth-order valence-corrected chi connectivity index (χ4v) is 5.31. The molecule has 30 heavy (non-hydrogen) atoms. The highest BCUT2D eigenvalue weighted by molar-refractivity contribution is 4.64. The largest absolute Gasteiger partial charge is 0.0654 e. The molecule has 0 bridgehead atoms. The Morgan fingerprint density at radius 3 is 0.900 bits per heavy atom. The molecule has 0 aromatic carbocycles. The zero-order valence-corrected chi connectivity index (χ0v) is 22.3. The third-order valence-corrected chi connectivity index (χ3v) is 7.21. The molecule has 0 amide bonds. The summed E-state index contributed by atoms with van der Waals surface area (Å²) >= 11 is 0. The van der Waals surface area contributed by atoms with Crippen LogP contribution in [0.2, 0.25) is 0 Å². The SMILES string of the molecule is CCCCCCCCCCCCC(C)CC(C)CC(C)CCCCCCCCCC. The van der Waals surface area contributed by atoms with Crippen LogP contribution in [-0.2, 0) is 0 Å². The smallest absolute Gasteiger partial charge is 0.0438 e. The summed E-state index contributed by atoms with van der Waals surface area (Å²) in [6.45, 7) is 12.1. The molecule has 0 aliphatic heterocycles. The molecule has 0 saturated carbocycles. The van der Waals surface area contributed by atoms with Crippen molar-refractivity contribution in [3.05, 3.63) is 0 Å². The molecule has 0 aromatic heterocycles. The predicted octanol–water partition coefficient (Wildman–Crippen LogP) is 11.5. The molecule has 182 valence electrons. The van der Waals surface area contributed by atoms with Gasteiger partial charge < -0.3 is 0 Å². The van der Waals surface area contributed by atoms with Crippen LogP contribution >= 0.6 is 0 Å². The van der Waals surface area contributed by atoms with Gasteiger partial charge in [-0.2, -0.15) is 0 Å². The lowest BCUT2D eigenvalue weighted by molar-refractivity contribution is 0.315. The number of hydrogen-bond acceptors (Lipinski definition) is 0. The van der Waals surface area contributed by atoms with E-state index in [9.17, 15) is 0 Å². The Morgan fingerprint density at radius 2 is 0.600 bits per heavy atom. The maximum absolute atomic E-state index is 2.51. The van der Waals surface area contributed by atoms with Gasteiger partial charge in [0.25, 0.3) is 0 Å². The van der Waals surface area contributed by atoms with E-state index in [-0.39, 0.29) is 0 Å². The lowest BCUT2D eigenvalue weighted by Gasteiger charge is -2.21. The Morgan fingerprint density at radius 1 is 0.333 bits per heavy atom. The van der Waals surface area contributed by atoms with Crippen molar-refractivity contribution in [2.24, 2.45) is 17.8 Å². The highest BCUT2D eigenvalue weighted by Crippen LogP contribution is 2.26. The minimum atomic E-state index is 0.923. The summed E-state index contributed by atoms with van der Waals surface area (Å²) in [5, 5.41) is 0. The van der Waals surface area contributed by atoms with Gasteiger partial charge in [-0.25, -0.2) is 0 Å². The average molecular weight is 423 g/mol. The molecule has 0 rings (SSSR count). The van der Waals surface area contributed by atoms with E-state index < -0.39 is 0 Å². The van der Waals surface area contributed by atoms with Crippen LogP contribution in [0.5, 0.6) is 0 Å². The van der Waals surface area contributed by atoms with Crippen LogP contribution in [0, 0.1) is 17.8 Å². The molecule has 0 saturated heterocycles. The Labute approximate surface area is 193 Å². The molecular formula is C30H62. The number of unbranched alkanes of at least 4 members (excludes halogenated alkanes) is 16. The van der Waals surface area contributed by atoms with Crippen LogP contribution in [0.15, 0.2) is 0 Å². The topological polar surface area (TPSA) is 0 Å². The van der Waals surface area contributed by atoms with E-state index in [4.69, 9.17) is 0 Å². The number of rotatable bonds is 24. The van der Waals surface area contributed by atoms with Crippen molar-refractivity contribution in [1.29, 1.82) is 0 Å². The van der Waals surface area contributed by atoms with Gasteiger partial charge in [-0.1, -0.05) is 163 Å². The zero-order chi connectivity index (χ0) is 22.3. The minimum Gasteiger partial charge on any atom is -0.0654 e. The van der Waals surface area contributed by atoms with Gasteiger partial charge in [0.05, 0.1) is 0 Å². The van der Waals surface area contributed by atoms with Gasteiger partial charge in [0, 0.05) is 0 Å². The normalized spacial score (nSPS) is 14.7. The summed E-state index contributed by atoms with van der Waals surface area (Å²) in [7, 11) is 0. The van der Waals surface area contributed by atoms with Gasteiger partial charge in [0.15, 0.2) is 0 Å². The van der Waals surface area contributed by atoms with Crippen LogP contribution in [0.4, 0.5) is 0 Å². The summed E-state index contributed by atoms with van der Waals surface area (Å²) in [5.41, 5.74) is 0. The minimum absolute atomic E-state index is 0.923. The molecule has 3 atom stereocenters. The lowest BCUT2D eigenvalue weighted by atomic mass is 9.85. The second-order valence-electron chi connectivity index (χ2n) is 11.0. The molecule has 0 spiro atoms. The summed E-state index contributed by atoms with van der Waals surface area (Å²) in [4.78, 5) is 0. The number of hydrogen-bond donors (Lipinski definition) is 0. The summed E-state index contributed by atoms with van der Waals surface area (Å²) in [5.74, 6) is 2.79. The quantitative estimate of drug-likeness (QED) is 0.136. The van der Waals surface area contributed by atoms with Crippen LogP contribution in [0.25, 0.3) is 0 Å². The maximum atomic E-state index is 2.51. The maximum Gasteiger partial charge on any atom is -0.0438 e. The van der Waals surface area contributed by atoms with E-state index in [2.05, 4.69) is 34.6 Å². The zero-order valence-electron chi connectivity index (χ0n) is 22.3. The molecule has 0 heterocycles. The highest BCUT2D eigenvalue weighted by Gasteiger charge is 2.12. The Bertz CT molecular complexity index is 307. The van der Waals surface area contributed by atoms with Crippen molar-refractivity contribution >= 4 is 0 Å². The molecule has 3 unspecified atom stereocenters. The molecule has 0 N–H and O–H groups in total. The first kappa shape index (κ1) is 30.0. The summed E-state index contributed by atoms with van der Waals surface area (Å²) in [6, 6.07) is 0. The lowest BCUT2D eigenvalue weighted by Crippen LogP contribution is -2.08. The standard InChI is InChI=1S/C30H62/c1-6-8-10-12-14-16-17-19-21-23-25-29(4)27-30(5)26-28(3)24-22-20-18-15-13-11-9-7-2/h28-30H,6-27H2,1-5H3. The van der Waals surface area contributed by atoms with Crippen LogP contribution in [-0.4, -0.2) is 0 Å². The first-order chi connectivity index (χ1) is 14.6. The van der Waals surface area contributed by atoms with E-state index in [0.717, 1.165) is 17.8 Å². The Balaban J connectivity index is 3.46. The second kappa shape index (κ2) is 23.7. The monoisotopic (exact) mass is 422 g/mol. The van der Waals surface area contributed by atoms with E-state index in [1.54, 1.807) is 0 Å². The Hall–Kier alpha value is 0. The first-order valence-electron chi connectivity index (χ1n) is 14.6. The van der Waals surface area contributed by atoms with Gasteiger partial charge >= 0.3 is 0 Å². The molecule has 0 aromatic rings. The fourth-order valence-electron chi connectivity index (χ4n) is 5.31. The Kier molecular flexibility index (Phi) is 23.7. The van der Waals surface area contributed by atoms with Gasteiger partial charge in [-0.15, -0.1) is 0 Å². The molecule has 0 radical (unpaired) electrons. The van der Waals surface area contributed by atoms with Crippen molar-refractivity contribution in [3.63, 3.8) is 0 Å². The molecular weight excluding hydrogens is 360 g/mol. The van der Waals surface area contributed by atoms with Gasteiger partial charge in [-0.05, 0) is 30.6 Å². The van der Waals surface area contributed by atoms with Crippen molar-refractivity contribution in [1.82, 2.24) is 0 Å². The highest BCUT2D eigenvalue weighted by atomic mass is 14.2. The summed E-state index contributed by atoms with van der Waals surface area (Å²) in [6.07, 6.45) is 32.1. The van der Waals surface area contributed by atoms with Crippen molar-refractivity contribution in [2.75, 3.05) is 0 Å². The molecule has 0 heteroatoms. The fraction of sp³-hybridized carbons (Fsp3) is 1.00. The van der Waals surface area contributed by atoms with Gasteiger partial charge in [0.2, 0.25) is 0 Å². The van der Waals surface area contributed by atoms with Crippen LogP contribution in [0.1, 0.15) is 176 Å².